The first-order valence-corrected chi connectivity index (χ1v) is 12.6. The normalized spacial score (nSPS) is 17.1. The summed E-state index contributed by atoms with van der Waals surface area (Å²) in [6, 6.07) is 19.1. The summed E-state index contributed by atoms with van der Waals surface area (Å²) in [5.41, 5.74) is 5.75. The highest BCUT2D eigenvalue weighted by Crippen LogP contribution is 2.47. The molecule has 176 valence electrons. The Morgan fingerprint density at radius 1 is 1.03 bits per heavy atom. The summed E-state index contributed by atoms with van der Waals surface area (Å²) in [4.78, 5) is 17.7. The van der Waals surface area contributed by atoms with Gasteiger partial charge in [0.25, 0.3) is 0 Å². The fraction of sp³-hybridized carbons (Fsp3) is 0.321. The van der Waals surface area contributed by atoms with E-state index in [1.165, 1.54) is 11.6 Å². The number of carbonyl (C=O) groups is 1. The highest BCUT2D eigenvalue weighted by Gasteiger charge is 2.46. The lowest BCUT2D eigenvalue weighted by Gasteiger charge is -2.40. The highest BCUT2D eigenvalue weighted by molar-refractivity contribution is 9.10. The lowest BCUT2D eigenvalue weighted by atomic mass is 9.74. The van der Waals surface area contributed by atoms with E-state index in [9.17, 15) is 9.18 Å². The van der Waals surface area contributed by atoms with E-state index in [-0.39, 0.29) is 17.3 Å². The Morgan fingerprint density at radius 3 is 2.44 bits per heavy atom. The predicted octanol–water partition coefficient (Wildman–Crippen LogP) is 6.79. The van der Waals surface area contributed by atoms with Gasteiger partial charge in [0, 0.05) is 34.4 Å². The van der Waals surface area contributed by atoms with E-state index >= 15 is 0 Å². The van der Waals surface area contributed by atoms with Gasteiger partial charge in [-0.1, -0.05) is 46.3 Å². The molecular weight excluding hydrogens is 493 g/mol. The van der Waals surface area contributed by atoms with Crippen LogP contribution in [0.25, 0.3) is 0 Å². The molecule has 1 spiro atoms. The fourth-order valence-electron chi connectivity index (χ4n) is 5.47. The maximum atomic E-state index is 14.3. The van der Waals surface area contributed by atoms with Crippen molar-refractivity contribution in [3.8, 4) is 0 Å². The summed E-state index contributed by atoms with van der Waals surface area (Å²) in [6.45, 7) is 7.29. The van der Waals surface area contributed by atoms with Gasteiger partial charge in [0.05, 0.1) is 0 Å². The molecule has 1 N–H and O–H groups in total. The predicted molar refractivity (Wildman–Crippen MR) is 139 cm³/mol. The Hall–Kier alpha value is -2.70. The highest BCUT2D eigenvalue weighted by atomic mass is 79.9. The van der Waals surface area contributed by atoms with E-state index in [2.05, 4.69) is 44.3 Å². The van der Waals surface area contributed by atoms with Gasteiger partial charge in [-0.3, -0.25) is 9.80 Å². The minimum atomic E-state index is -0.244. The smallest absolute Gasteiger partial charge is 0.307 e. The van der Waals surface area contributed by atoms with Crippen LogP contribution in [0.4, 0.5) is 20.6 Å². The monoisotopic (exact) mass is 521 g/mol. The zero-order valence-corrected chi connectivity index (χ0v) is 21.2. The van der Waals surface area contributed by atoms with E-state index in [1.54, 1.807) is 12.1 Å². The fourth-order valence-corrected chi connectivity index (χ4v) is 5.92. The van der Waals surface area contributed by atoms with Crippen molar-refractivity contribution in [2.75, 3.05) is 29.9 Å². The molecule has 1 fully saturated rings. The van der Waals surface area contributed by atoms with E-state index in [1.807, 2.05) is 43.0 Å². The number of nitrogens with zero attached hydrogens (tertiary/aromatic N) is 2. The molecule has 2 aliphatic heterocycles. The molecule has 5 rings (SSSR count). The Labute approximate surface area is 208 Å². The number of benzene rings is 3. The number of rotatable bonds is 3. The lowest BCUT2D eigenvalue weighted by Crippen LogP contribution is -2.46. The van der Waals surface area contributed by atoms with Crippen molar-refractivity contribution >= 4 is 33.3 Å². The van der Waals surface area contributed by atoms with Crippen molar-refractivity contribution in [2.24, 2.45) is 0 Å². The van der Waals surface area contributed by atoms with Crippen LogP contribution in [-0.2, 0) is 12.0 Å². The van der Waals surface area contributed by atoms with Crippen LogP contribution in [0.15, 0.2) is 65.1 Å². The maximum Gasteiger partial charge on any atom is 0.326 e. The second-order valence-corrected chi connectivity index (χ2v) is 10.5. The standard InChI is InChI=1S/C28H29BrFN3O/c1-19-5-3-6-20(2)26(19)31-27(34)33-18-28(24-16-23(30)9-10-25(24)33)11-13-32(14-12-28)17-21-7-4-8-22(29)15-21/h3-10,15-16H,11-14,17-18H2,1-2H3,(H,31,34). The van der Waals surface area contributed by atoms with Gasteiger partial charge in [-0.2, -0.15) is 0 Å². The number of anilines is 2. The summed E-state index contributed by atoms with van der Waals surface area (Å²) < 4.78 is 15.4. The summed E-state index contributed by atoms with van der Waals surface area (Å²) in [6.07, 6.45) is 1.79. The maximum absolute atomic E-state index is 14.3. The van der Waals surface area contributed by atoms with Crippen LogP contribution in [0.5, 0.6) is 0 Å². The van der Waals surface area contributed by atoms with E-state index < -0.39 is 0 Å². The van der Waals surface area contributed by atoms with Crippen molar-refractivity contribution < 1.29 is 9.18 Å². The topological polar surface area (TPSA) is 35.6 Å². The molecule has 2 amide bonds. The van der Waals surface area contributed by atoms with Crippen LogP contribution >= 0.6 is 15.9 Å². The number of nitrogens with one attached hydrogen (secondary N) is 1. The Kier molecular flexibility index (Phi) is 6.21. The van der Waals surface area contributed by atoms with Gasteiger partial charge >= 0.3 is 6.03 Å². The third-order valence-electron chi connectivity index (χ3n) is 7.35. The van der Waals surface area contributed by atoms with Crippen molar-refractivity contribution in [1.82, 2.24) is 4.90 Å². The van der Waals surface area contributed by atoms with E-state index in [0.29, 0.717) is 6.54 Å². The van der Waals surface area contributed by atoms with Crippen LogP contribution in [0.3, 0.4) is 0 Å². The number of hydrogen-bond acceptors (Lipinski definition) is 2. The molecule has 0 atom stereocenters. The van der Waals surface area contributed by atoms with Gasteiger partial charge in [-0.15, -0.1) is 0 Å². The third-order valence-corrected chi connectivity index (χ3v) is 7.84. The van der Waals surface area contributed by atoms with E-state index in [0.717, 1.165) is 65.0 Å². The molecule has 0 aromatic heterocycles. The molecule has 0 radical (unpaired) electrons. The molecule has 3 aromatic carbocycles. The van der Waals surface area contributed by atoms with Crippen LogP contribution < -0.4 is 10.2 Å². The number of hydrogen-bond donors (Lipinski definition) is 1. The Bertz CT molecular complexity index is 1220. The largest absolute Gasteiger partial charge is 0.326 e. The Balaban J connectivity index is 1.36. The van der Waals surface area contributed by atoms with Gasteiger partial charge in [-0.25, -0.2) is 9.18 Å². The molecule has 0 saturated carbocycles. The van der Waals surface area contributed by atoms with Crippen molar-refractivity contribution in [1.29, 1.82) is 0 Å². The van der Waals surface area contributed by atoms with Crippen LogP contribution in [0, 0.1) is 19.7 Å². The van der Waals surface area contributed by atoms with Gasteiger partial charge in [-0.05, 0) is 92.4 Å². The van der Waals surface area contributed by atoms with Crippen molar-refractivity contribution in [2.45, 2.75) is 38.6 Å². The second-order valence-electron chi connectivity index (χ2n) is 9.63. The molecular formula is C28H29BrFN3O. The molecule has 3 aromatic rings. The van der Waals surface area contributed by atoms with E-state index in [4.69, 9.17) is 0 Å². The number of likely N-dealkylation sites (tertiary alicyclic amines) is 1. The molecule has 34 heavy (non-hydrogen) atoms. The first kappa shape index (κ1) is 23.1. The number of fused-ring (bicyclic) bond motifs is 2. The minimum Gasteiger partial charge on any atom is -0.307 e. The summed E-state index contributed by atoms with van der Waals surface area (Å²) >= 11 is 3.56. The first-order chi connectivity index (χ1) is 16.3. The van der Waals surface area contributed by atoms with Crippen molar-refractivity contribution in [3.05, 3.63) is 93.2 Å². The SMILES string of the molecule is Cc1cccc(C)c1NC(=O)N1CC2(CCN(Cc3cccc(Br)c3)CC2)c2cc(F)ccc21. The molecule has 2 heterocycles. The molecule has 0 aliphatic carbocycles. The molecule has 2 aliphatic rings. The molecule has 4 nitrogen and oxygen atoms in total. The van der Waals surface area contributed by atoms with Gasteiger partial charge in [0.15, 0.2) is 0 Å². The molecule has 0 bridgehead atoms. The quantitative estimate of drug-likeness (QED) is 0.411. The zero-order chi connectivity index (χ0) is 23.9. The summed E-state index contributed by atoms with van der Waals surface area (Å²) in [5, 5.41) is 3.12. The number of amides is 2. The van der Waals surface area contributed by atoms with Crippen LogP contribution in [0.1, 0.15) is 35.1 Å². The second kappa shape index (κ2) is 9.16. The van der Waals surface area contributed by atoms with Gasteiger partial charge in [0.1, 0.15) is 5.82 Å². The number of carbonyl (C=O) groups excluding carboxylic acids is 1. The van der Waals surface area contributed by atoms with Crippen LogP contribution in [0.2, 0.25) is 0 Å². The third kappa shape index (κ3) is 4.37. The molecule has 1 saturated heterocycles. The number of halogens is 2. The first-order valence-electron chi connectivity index (χ1n) is 11.8. The van der Waals surface area contributed by atoms with Gasteiger partial charge in [0.2, 0.25) is 0 Å². The molecule has 6 heteroatoms. The zero-order valence-electron chi connectivity index (χ0n) is 19.6. The van der Waals surface area contributed by atoms with Crippen molar-refractivity contribution in [3.63, 3.8) is 0 Å². The number of aryl methyl sites for hydroxylation is 2. The number of piperidine rings is 1. The van der Waals surface area contributed by atoms with Gasteiger partial charge < -0.3 is 5.32 Å². The average molecular weight is 522 g/mol. The van der Waals surface area contributed by atoms with Crippen LogP contribution in [-0.4, -0.2) is 30.6 Å². The summed E-state index contributed by atoms with van der Waals surface area (Å²) in [7, 11) is 0. The minimum absolute atomic E-state index is 0.154. The summed E-state index contributed by atoms with van der Waals surface area (Å²) in [5.74, 6) is -0.244. The number of para-hydroxylation sites is 1. The average Bonchev–Trinajstić information content (AvgIpc) is 3.11. The molecule has 0 unspecified atom stereocenters. The lowest BCUT2D eigenvalue weighted by molar-refractivity contribution is 0.160. The number of urea groups is 1. The Morgan fingerprint density at radius 2 is 1.74 bits per heavy atom.